The zero-order valence-corrected chi connectivity index (χ0v) is 19.4. The van der Waals surface area contributed by atoms with Crippen molar-refractivity contribution >= 4 is 40.9 Å². The molecule has 0 radical (unpaired) electrons. The Labute approximate surface area is 200 Å². The van der Waals surface area contributed by atoms with Crippen LogP contribution in [-0.2, 0) is 6.54 Å². The lowest BCUT2D eigenvalue weighted by Crippen LogP contribution is -2.44. The standard InChI is InChI=1S/C22H23ClN6O5/c1-22(2,3)29(21(31)32)12-13-7-9-14(10-8-13)20(30)25-19-17(27-34-28-19)18(26-33)24-16-6-4-5-15(23)11-16/h4-11,33H,12H2,1-3H3,(H,24,26)(H,31,32)(H,25,28,30). The van der Waals surface area contributed by atoms with Crippen LogP contribution in [0.15, 0.2) is 58.3 Å². The topological polar surface area (TPSA) is 153 Å². The molecule has 2 amide bonds. The first kappa shape index (κ1) is 24.5. The van der Waals surface area contributed by atoms with E-state index < -0.39 is 17.5 Å². The van der Waals surface area contributed by atoms with Crippen LogP contribution in [0.25, 0.3) is 0 Å². The van der Waals surface area contributed by atoms with Crippen molar-refractivity contribution in [1.82, 2.24) is 15.2 Å². The van der Waals surface area contributed by atoms with Crippen LogP contribution in [0, 0.1) is 0 Å². The van der Waals surface area contributed by atoms with Gasteiger partial charge in [0.15, 0.2) is 5.69 Å². The summed E-state index contributed by atoms with van der Waals surface area (Å²) < 4.78 is 4.71. The molecule has 0 aliphatic rings. The fourth-order valence-corrected chi connectivity index (χ4v) is 3.17. The van der Waals surface area contributed by atoms with E-state index in [1.54, 1.807) is 69.3 Å². The number of aromatic nitrogens is 2. The molecule has 0 saturated heterocycles. The summed E-state index contributed by atoms with van der Waals surface area (Å²) in [6.45, 7) is 5.58. The van der Waals surface area contributed by atoms with Crippen LogP contribution in [0.5, 0.6) is 0 Å². The van der Waals surface area contributed by atoms with E-state index in [1.807, 2.05) is 0 Å². The molecule has 3 rings (SSSR count). The van der Waals surface area contributed by atoms with Crippen LogP contribution in [0.4, 0.5) is 16.3 Å². The Balaban J connectivity index is 1.72. The molecular formula is C22H23ClN6O5. The van der Waals surface area contributed by atoms with Crippen LogP contribution >= 0.6 is 11.6 Å². The van der Waals surface area contributed by atoms with Crippen LogP contribution < -0.4 is 10.6 Å². The minimum Gasteiger partial charge on any atom is -0.465 e. The molecular weight excluding hydrogens is 464 g/mol. The minimum atomic E-state index is -1.03. The van der Waals surface area contributed by atoms with Gasteiger partial charge >= 0.3 is 6.09 Å². The molecule has 0 fully saturated rings. The second-order valence-electron chi connectivity index (χ2n) is 8.24. The average Bonchev–Trinajstić information content (AvgIpc) is 3.23. The van der Waals surface area contributed by atoms with Crippen molar-refractivity contribution in [3.05, 3.63) is 70.4 Å². The van der Waals surface area contributed by atoms with Gasteiger partial charge in [0.25, 0.3) is 5.91 Å². The Bertz CT molecular complexity index is 1200. The minimum absolute atomic E-state index is 0.0327. The smallest absolute Gasteiger partial charge is 0.408 e. The Morgan fingerprint density at radius 1 is 1.12 bits per heavy atom. The molecule has 1 aromatic heterocycles. The van der Waals surface area contributed by atoms with E-state index in [1.165, 1.54) is 4.90 Å². The van der Waals surface area contributed by atoms with Gasteiger partial charge < -0.3 is 20.9 Å². The maximum atomic E-state index is 12.7. The number of nitrogens with zero attached hydrogens (tertiary/aromatic N) is 4. The number of carbonyl (C=O) groups is 2. The molecule has 12 heteroatoms. The van der Waals surface area contributed by atoms with Crippen molar-refractivity contribution in [3.63, 3.8) is 0 Å². The third kappa shape index (κ3) is 6.01. The average molecular weight is 487 g/mol. The normalized spacial score (nSPS) is 11.7. The van der Waals surface area contributed by atoms with E-state index in [-0.39, 0.29) is 23.9 Å². The summed E-state index contributed by atoms with van der Waals surface area (Å²) in [7, 11) is 0. The van der Waals surface area contributed by atoms with Crippen LogP contribution in [0.2, 0.25) is 5.02 Å². The van der Waals surface area contributed by atoms with E-state index >= 15 is 0 Å². The van der Waals surface area contributed by atoms with E-state index in [0.717, 1.165) is 5.56 Å². The third-order valence-corrected chi connectivity index (χ3v) is 4.96. The highest BCUT2D eigenvalue weighted by molar-refractivity contribution is 6.31. The number of nitrogens with one attached hydrogen (secondary N) is 2. The predicted molar refractivity (Wildman–Crippen MR) is 125 cm³/mol. The Hall–Kier alpha value is -4.12. The first-order valence-electron chi connectivity index (χ1n) is 10.1. The molecule has 1 heterocycles. The summed E-state index contributed by atoms with van der Waals surface area (Å²) in [6, 6.07) is 13.1. The quantitative estimate of drug-likeness (QED) is 0.172. The van der Waals surface area contributed by atoms with Gasteiger partial charge in [0.05, 0.1) is 0 Å². The third-order valence-electron chi connectivity index (χ3n) is 4.73. The van der Waals surface area contributed by atoms with Gasteiger partial charge in [0.1, 0.15) is 0 Å². The second-order valence-corrected chi connectivity index (χ2v) is 8.67. The maximum absolute atomic E-state index is 12.7. The van der Waals surface area contributed by atoms with E-state index in [0.29, 0.717) is 16.3 Å². The molecule has 4 N–H and O–H groups in total. The highest BCUT2D eigenvalue weighted by Crippen LogP contribution is 2.20. The summed E-state index contributed by atoms with van der Waals surface area (Å²) in [5.41, 5.74) is 0.916. The van der Waals surface area contributed by atoms with Gasteiger partial charge in [-0.05, 0) is 67.0 Å². The van der Waals surface area contributed by atoms with E-state index in [4.69, 9.17) is 16.2 Å². The molecule has 0 bridgehead atoms. The van der Waals surface area contributed by atoms with Crippen molar-refractivity contribution in [3.8, 4) is 0 Å². The molecule has 178 valence electrons. The van der Waals surface area contributed by atoms with E-state index in [9.17, 15) is 19.9 Å². The molecule has 0 atom stereocenters. The molecule has 11 nitrogen and oxygen atoms in total. The predicted octanol–water partition coefficient (Wildman–Crippen LogP) is 4.50. The van der Waals surface area contributed by atoms with Gasteiger partial charge in [-0.2, -0.15) is 0 Å². The zero-order valence-electron chi connectivity index (χ0n) is 18.6. The number of hydrogen-bond acceptors (Lipinski definition) is 7. The molecule has 0 saturated carbocycles. The van der Waals surface area contributed by atoms with Crippen molar-refractivity contribution in [1.29, 1.82) is 0 Å². The van der Waals surface area contributed by atoms with Crippen molar-refractivity contribution in [2.45, 2.75) is 32.9 Å². The lowest BCUT2D eigenvalue weighted by atomic mass is 10.0. The molecule has 2 aromatic carbocycles. The van der Waals surface area contributed by atoms with Gasteiger partial charge in [-0.25, -0.2) is 9.42 Å². The van der Waals surface area contributed by atoms with Gasteiger partial charge in [-0.3, -0.25) is 9.69 Å². The first-order chi connectivity index (χ1) is 16.1. The zero-order chi connectivity index (χ0) is 24.9. The molecule has 3 aromatic rings. The number of hydrogen-bond donors (Lipinski definition) is 4. The highest BCUT2D eigenvalue weighted by atomic mass is 35.5. The van der Waals surface area contributed by atoms with Crippen molar-refractivity contribution < 1.29 is 24.5 Å². The number of benzene rings is 2. The van der Waals surface area contributed by atoms with Crippen LogP contribution in [-0.4, -0.2) is 48.9 Å². The SMILES string of the molecule is CC(C)(C)N(Cc1ccc(C(=O)Nc2nonc2/C(=N\O)Nc2cccc(Cl)c2)cc1)C(=O)O. The molecule has 34 heavy (non-hydrogen) atoms. The highest BCUT2D eigenvalue weighted by Gasteiger charge is 2.26. The van der Waals surface area contributed by atoms with Crippen molar-refractivity contribution in [2.75, 3.05) is 10.6 Å². The molecule has 0 aliphatic heterocycles. The first-order valence-corrected chi connectivity index (χ1v) is 10.4. The summed E-state index contributed by atoms with van der Waals surface area (Å²) in [4.78, 5) is 25.6. The number of anilines is 2. The maximum Gasteiger partial charge on any atom is 0.408 e. The van der Waals surface area contributed by atoms with Crippen molar-refractivity contribution in [2.24, 2.45) is 5.16 Å². The fraction of sp³-hybridized carbons (Fsp3) is 0.227. The largest absolute Gasteiger partial charge is 0.465 e. The second kappa shape index (κ2) is 10.2. The summed E-state index contributed by atoms with van der Waals surface area (Å²) in [5.74, 6) is -0.708. The van der Waals surface area contributed by atoms with Crippen LogP contribution in [0.1, 0.15) is 42.4 Å². The van der Waals surface area contributed by atoms with Gasteiger partial charge in [-0.1, -0.05) is 35.0 Å². The number of oxime groups is 1. The number of carbonyl (C=O) groups excluding carboxylic acids is 1. The van der Waals surface area contributed by atoms with E-state index in [2.05, 4.69) is 26.1 Å². The summed E-state index contributed by atoms with van der Waals surface area (Å²) in [6.07, 6.45) is -1.03. The number of halogens is 1. The number of amides is 2. The summed E-state index contributed by atoms with van der Waals surface area (Å²) in [5, 5.41) is 35.2. The number of amidine groups is 1. The Kier molecular flexibility index (Phi) is 7.37. The van der Waals surface area contributed by atoms with Gasteiger partial charge in [0, 0.05) is 28.4 Å². The van der Waals surface area contributed by atoms with Gasteiger partial charge in [0.2, 0.25) is 11.7 Å². The number of rotatable bonds is 6. The lowest BCUT2D eigenvalue weighted by Gasteiger charge is -2.33. The Morgan fingerprint density at radius 2 is 1.82 bits per heavy atom. The summed E-state index contributed by atoms with van der Waals surface area (Å²) >= 11 is 5.96. The Morgan fingerprint density at radius 3 is 2.41 bits per heavy atom. The molecule has 0 aliphatic carbocycles. The molecule has 0 spiro atoms. The monoisotopic (exact) mass is 486 g/mol. The number of carboxylic acid groups (broad SMARTS) is 1. The fourth-order valence-electron chi connectivity index (χ4n) is 2.98. The van der Waals surface area contributed by atoms with Crippen LogP contribution in [0.3, 0.4) is 0 Å². The van der Waals surface area contributed by atoms with Gasteiger partial charge in [-0.15, -0.1) is 0 Å². The molecule has 0 unspecified atom stereocenters. The lowest BCUT2D eigenvalue weighted by molar-refractivity contribution is 0.0953.